The van der Waals surface area contributed by atoms with Crippen molar-refractivity contribution in [2.24, 2.45) is 5.41 Å². The number of hydrogen-bond acceptors (Lipinski definition) is 3. The van der Waals surface area contributed by atoms with Crippen LogP contribution in [0.25, 0.3) is 0 Å². The van der Waals surface area contributed by atoms with Crippen molar-refractivity contribution in [3.63, 3.8) is 0 Å². The number of hydrogen-bond donors (Lipinski definition) is 1. The molecule has 0 unspecified atom stereocenters. The van der Waals surface area contributed by atoms with E-state index in [0.717, 1.165) is 43.9 Å². The third kappa shape index (κ3) is 4.31. The molecule has 0 bridgehead atoms. The zero-order chi connectivity index (χ0) is 16.1. The van der Waals surface area contributed by atoms with Gasteiger partial charge in [-0.3, -0.25) is 9.88 Å². The van der Waals surface area contributed by atoms with Crippen LogP contribution in [0, 0.1) is 5.41 Å². The number of piperidine rings is 1. The molecule has 1 N–H and O–H groups in total. The maximum Gasteiger partial charge on any atom is 0.0491 e. The molecule has 0 amide bonds. The van der Waals surface area contributed by atoms with E-state index in [1.54, 1.807) is 0 Å². The Hall–Kier alpha value is -1.42. The van der Waals surface area contributed by atoms with Gasteiger partial charge in [-0.25, -0.2) is 0 Å². The van der Waals surface area contributed by atoms with E-state index in [-0.39, 0.29) is 12.0 Å². The maximum absolute atomic E-state index is 9.98. The number of pyridine rings is 1. The molecule has 4 heteroatoms. The minimum absolute atomic E-state index is 0.000727. The summed E-state index contributed by atoms with van der Waals surface area (Å²) < 4.78 is 0. The Kier molecular flexibility index (Phi) is 5.31. The van der Waals surface area contributed by atoms with Gasteiger partial charge in [-0.05, 0) is 67.1 Å². The predicted molar refractivity (Wildman–Crippen MR) is 93.4 cm³/mol. The van der Waals surface area contributed by atoms with E-state index in [0.29, 0.717) is 0 Å². The molecule has 0 radical (unpaired) electrons. The molecule has 1 saturated heterocycles. The van der Waals surface area contributed by atoms with Gasteiger partial charge < -0.3 is 5.11 Å². The molecule has 1 aliphatic heterocycles. The minimum Gasteiger partial charge on any atom is -0.396 e. The average Bonchev–Trinajstić information content (AvgIpc) is 2.60. The van der Waals surface area contributed by atoms with Crippen LogP contribution in [0.3, 0.4) is 0 Å². The van der Waals surface area contributed by atoms with Crippen LogP contribution in [0.1, 0.15) is 24.0 Å². The largest absolute Gasteiger partial charge is 0.396 e. The molecule has 0 atom stereocenters. The molecule has 3 rings (SSSR count). The van der Waals surface area contributed by atoms with E-state index in [9.17, 15) is 5.11 Å². The van der Waals surface area contributed by atoms with E-state index in [4.69, 9.17) is 11.6 Å². The van der Waals surface area contributed by atoms with Crippen molar-refractivity contribution in [2.75, 3.05) is 19.7 Å². The Morgan fingerprint density at radius 2 is 1.83 bits per heavy atom. The first-order valence-corrected chi connectivity index (χ1v) is 8.53. The molecule has 2 heterocycles. The maximum atomic E-state index is 9.98. The summed E-state index contributed by atoms with van der Waals surface area (Å²) in [6.07, 6.45) is 6.70. The average molecular weight is 331 g/mol. The van der Waals surface area contributed by atoms with Crippen molar-refractivity contribution >= 4 is 11.6 Å². The number of nitrogens with zero attached hydrogens (tertiary/aromatic N) is 2. The Balaban J connectivity index is 1.59. The van der Waals surface area contributed by atoms with E-state index in [2.05, 4.69) is 28.1 Å². The van der Waals surface area contributed by atoms with E-state index in [1.807, 2.05) is 30.6 Å². The summed E-state index contributed by atoms with van der Waals surface area (Å²) in [7, 11) is 0. The number of likely N-dealkylation sites (tertiary alicyclic amines) is 1. The monoisotopic (exact) mass is 330 g/mol. The van der Waals surface area contributed by atoms with Gasteiger partial charge in [0.15, 0.2) is 0 Å². The molecule has 2 aromatic rings. The van der Waals surface area contributed by atoms with Crippen LogP contribution in [0.5, 0.6) is 0 Å². The summed E-state index contributed by atoms with van der Waals surface area (Å²) in [4.78, 5) is 6.63. The van der Waals surface area contributed by atoms with Crippen molar-refractivity contribution in [2.45, 2.75) is 25.8 Å². The van der Waals surface area contributed by atoms with Crippen LogP contribution in [0.2, 0.25) is 5.02 Å². The predicted octanol–water partition coefficient (Wildman–Crippen LogP) is 3.55. The first kappa shape index (κ1) is 16.4. The topological polar surface area (TPSA) is 36.4 Å². The van der Waals surface area contributed by atoms with Gasteiger partial charge in [-0.15, -0.1) is 0 Å². The molecule has 23 heavy (non-hydrogen) atoms. The molecule has 1 aromatic heterocycles. The summed E-state index contributed by atoms with van der Waals surface area (Å²) in [5, 5.41) is 10.7. The minimum atomic E-state index is -0.000727. The summed E-state index contributed by atoms with van der Waals surface area (Å²) in [5.74, 6) is 0. The molecule has 1 aliphatic rings. The second-order valence-electron chi connectivity index (χ2n) is 6.60. The van der Waals surface area contributed by atoms with Crippen LogP contribution in [-0.2, 0) is 13.0 Å². The summed E-state index contributed by atoms with van der Waals surface area (Å²) in [5.41, 5.74) is 2.50. The number of aromatic nitrogens is 1. The molecule has 122 valence electrons. The van der Waals surface area contributed by atoms with Crippen LogP contribution in [0.4, 0.5) is 0 Å². The second-order valence-corrected chi connectivity index (χ2v) is 7.04. The van der Waals surface area contributed by atoms with Crippen molar-refractivity contribution in [3.8, 4) is 0 Å². The van der Waals surface area contributed by atoms with Gasteiger partial charge >= 0.3 is 0 Å². The lowest BCUT2D eigenvalue weighted by molar-refractivity contribution is 0.0413. The third-order valence-corrected chi connectivity index (χ3v) is 5.13. The Morgan fingerprint density at radius 1 is 1.09 bits per heavy atom. The van der Waals surface area contributed by atoms with E-state index >= 15 is 0 Å². The fourth-order valence-electron chi connectivity index (χ4n) is 3.36. The zero-order valence-electron chi connectivity index (χ0n) is 13.3. The van der Waals surface area contributed by atoms with E-state index in [1.165, 1.54) is 11.1 Å². The SMILES string of the molecule is OCC1(Cc2ccc(Cl)cc2)CCN(Cc2cccnc2)CC1. The number of halogens is 1. The summed E-state index contributed by atoms with van der Waals surface area (Å²) >= 11 is 5.96. The van der Waals surface area contributed by atoms with Gasteiger partial charge in [-0.2, -0.15) is 0 Å². The fraction of sp³-hybridized carbons (Fsp3) is 0.421. The highest BCUT2D eigenvalue weighted by molar-refractivity contribution is 6.30. The van der Waals surface area contributed by atoms with Crippen molar-refractivity contribution in [1.29, 1.82) is 0 Å². The molecule has 1 aromatic carbocycles. The van der Waals surface area contributed by atoms with E-state index < -0.39 is 0 Å². The lowest BCUT2D eigenvalue weighted by Crippen LogP contribution is -2.42. The highest BCUT2D eigenvalue weighted by Crippen LogP contribution is 2.35. The summed E-state index contributed by atoms with van der Waals surface area (Å²) in [6.45, 7) is 3.22. The van der Waals surface area contributed by atoms with Gasteiger partial charge in [0.05, 0.1) is 0 Å². The molecule has 0 saturated carbocycles. The van der Waals surface area contributed by atoms with Gasteiger partial charge in [0.25, 0.3) is 0 Å². The quantitative estimate of drug-likeness (QED) is 0.910. The van der Waals surface area contributed by atoms with Crippen LogP contribution in [-0.4, -0.2) is 34.7 Å². The van der Waals surface area contributed by atoms with Crippen LogP contribution >= 0.6 is 11.6 Å². The summed E-state index contributed by atoms with van der Waals surface area (Å²) in [6, 6.07) is 12.1. The van der Waals surface area contributed by atoms with Gasteiger partial charge in [0.1, 0.15) is 0 Å². The van der Waals surface area contributed by atoms with Crippen LogP contribution < -0.4 is 0 Å². The Labute approximate surface area is 142 Å². The van der Waals surface area contributed by atoms with Crippen molar-refractivity contribution < 1.29 is 5.11 Å². The normalized spacial score (nSPS) is 18.0. The molecule has 0 aliphatic carbocycles. The Bertz CT molecular complexity index is 607. The van der Waals surface area contributed by atoms with Crippen molar-refractivity contribution in [3.05, 3.63) is 64.9 Å². The third-order valence-electron chi connectivity index (χ3n) is 4.87. The standard InChI is InChI=1S/C19H23ClN2O/c20-18-5-3-16(4-6-18)12-19(15-23)7-10-22(11-8-19)14-17-2-1-9-21-13-17/h1-6,9,13,23H,7-8,10-12,14-15H2. The number of rotatable bonds is 5. The smallest absolute Gasteiger partial charge is 0.0491 e. The first-order chi connectivity index (χ1) is 11.2. The molecule has 3 nitrogen and oxygen atoms in total. The fourth-order valence-corrected chi connectivity index (χ4v) is 3.49. The van der Waals surface area contributed by atoms with Crippen LogP contribution in [0.15, 0.2) is 48.8 Å². The highest BCUT2D eigenvalue weighted by atomic mass is 35.5. The number of benzene rings is 1. The Morgan fingerprint density at radius 3 is 2.43 bits per heavy atom. The molecule has 0 spiro atoms. The van der Waals surface area contributed by atoms with Gasteiger partial charge in [0, 0.05) is 30.6 Å². The van der Waals surface area contributed by atoms with Gasteiger partial charge in [-0.1, -0.05) is 29.8 Å². The lowest BCUT2D eigenvalue weighted by atomic mass is 9.74. The lowest BCUT2D eigenvalue weighted by Gasteiger charge is -2.41. The molecular weight excluding hydrogens is 308 g/mol. The first-order valence-electron chi connectivity index (χ1n) is 8.16. The zero-order valence-corrected chi connectivity index (χ0v) is 14.0. The molecule has 1 fully saturated rings. The number of aliphatic hydroxyl groups excluding tert-OH is 1. The highest BCUT2D eigenvalue weighted by Gasteiger charge is 2.34. The van der Waals surface area contributed by atoms with Crippen molar-refractivity contribution in [1.82, 2.24) is 9.88 Å². The second kappa shape index (κ2) is 7.43. The molecular formula is C19H23ClN2O. The number of aliphatic hydroxyl groups is 1. The van der Waals surface area contributed by atoms with Gasteiger partial charge in [0.2, 0.25) is 0 Å².